The van der Waals surface area contributed by atoms with Crippen LogP contribution in [0.1, 0.15) is 6.42 Å². The van der Waals surface area contributed by atoms with Gasteiger partial charge in [0.05, 0.1) is 6.10 Å². The molecule has 4 nitrogen and oxygen atoms in total. The molecule has 2 aliphatic rings. The van der Waals surface area contributed by atoms with Crippen LogP contribution in [0.15, 0.2) is 0 Å². The van der Waals surface area contributed by atoms with Gasteiger partial charge in [-0.25, -0.2) is 0 Å². The average molecular weight is 227 g/mol. The van der Waals surface area contributed by atoms with Crippen molar-refractivity contribution in [2.75, 3.05) is 66.5 Å². The lowest BCUT2D eigenvalue weighted by Gasteiger charge is -2.39. The first-order valence-electron chi connectivity index (χ1n) is 6.44. The van der Waals surface area contributed by atoms with Gasteiger partial charge < -0.3 is 14.5 Å². The van der Waals surface area contributed by atoms with E-state index in [4.69, 9.17) is 4.74 Å². The number of rotatable bonds is 5. The van der Waals surface area contributed by atoms with Gasteiger partial charge in [-0.15, -0.1) is 0 Å². The molecule has 0 spiro atoms. The minimum absolute atomic E-state index is 0.503. The molecule has 4 heteroatoms. The van der Waals surface area contributed by atoms with E-state index in [1.54, 1.807) is 0 Å². The quantitative estimate of drug-likeness (QED) is 0.656. The number of nitrogens with zero attached hydrogens (tertiary/aromatic N) is 3. The minimum atomic E-state index is 0.503. The van der Waals surface area contributed by atoms with Crippen molar-refractivity contribution in [3.8, 4) is 0 Å². The summed E-state index contributed by atoms with van der Waals surface area (Å²) in [5.41, 5.74) is 0. The summed E-state index contributed by atoms with van der Waals surface area (Å²) < 4.78 is 5.27. The highest BCUT2D eigenvalue weighted by Gasteiger charge is 2.25. The zero-order valence-electron chi connectivity index (χ0n) is 10.7. The molecule has 0 amide bonds. The van der Waals surface area contributed by atoms with Gasteiger partial charge >= 0.3 is 0 Å². The van der Waals surface area contributed by atoms with Crippen LogP contribution in [0.5, 0.6) is 0 Å². The molecular weight excluding hydrogens is 202 g/mol. The van der Waals surface area contributed by atoms with Crippen molar-refractivity contribution in [3.63, 3.8) is 0 Å². The van der Waals surface area contributed by atoms with Gasteiger partial charge in [-0.3, -0.25) is 4.90 Å². The van der Waals surface area contributed by atoms with Crippen molar-refractivity contribution >= 4 is 0 Å². The molecular formula is C12H25N3O. The smallest absolute Gasteiger partial charge is 0.0824 e. The summed E-state index contributed by atoms with van der Waals surface area (Å²) in [7, 11) is 4.02. The molecule has 0 unspecified atom stereocenters. The summed E-state index contributed by atoms with van der Waals surface area (Å²) in [4.78, 5) is 7.49. The van der Waals surface area contributed by atoms with E-state index in [1.807, 2.05) is 7.11 Å². The van der Waals surface area contributed by atoms with E-state index in [2.05, 4.69) is 21.7 Å². The van der Waals surface area contributed by atoms with Gasteiger partial charge in [0, 0.05) is 46.4 Å². The third kappa shape index (κ3) is 3.42. The third-order valence-electron chi connectivity index (χ3n) is 3.80. The van der Waals surface area contributed by atoms with Gasteiger partial charge in [-0.1, -0.05) is 0 Å². The van der Waals surface area contributed by atoms with Crippen molar-refractivity contribution < 1.29 is 4.74 Å². The maximum absolute atomic E-state index is 5.27. The van der Waals surface area contributed by atoms with E-state index in [0.717, 1.165) is 13.1 Å². The molecule has 2 heterocycles. The molecule has 0 aromatic rings. The largest absolute Gasteiger partial charge is 0.379 e. The van der Waals surface area contributed by atoms with Crippen LogP contribution in [0, 0.1) is 0 Å². The van der Waals surface area contributed by atoms with Gasteiger partial charge in [0.2, 0.25) is 0 Å². The number of piperazine rings is 1. The highest BCUT2D eigenvalue weighted by atomic mass is 16.5. The molecule has 94 valence electrons. The van der Waals surface area contributed by atoms with Gasteiger partial charge in [-0.05, 0) is 26.6 Å². The van der Waals surface area contributed by atoms with Crippen molar-refractivity contribution in [1.29, 1.82) is 0 Å². The summed E-state index contributed by atoms with van der Waals surface area (Å²) in [6.07, 6.45) is 1.81. The lowest BCUT2D eigenvalue weighted by atomic mass is 10.1. The van der Waals surface area contributed by atoms with Crippen LogP contribution in [0.25, 0.3) is 0 Å². The average Bonchev–Trinajstić information content (AvgIpc) is 2.24. The van der Waals surface area contributed by atoms with E-state index in [0.29, 0.717) is 6.10 Å². The van der Waals surface area contributed by atoms with E-state index in [9.17, 15) is 0 Å². The molecule has 0 aromatic heterocycles. The molecule has 2 aliphatic heterocycles. The Balaban J connectivity index is 1.49. The predicted molar refractivity (Wildman–Crippen MR) is 65.8 cm³/mol. The normalized spacial score (nSPS) is 25.9. The lowest BCUT2D eigenvalue weighted by Crippen LogP contribution is -2.52. The number of hydrogen-bond acceptors (Lipinski definition) is 4. The molecule has 16 heavy (non-hydrogen) atoms. The van der Waals surface area contributed by atoms with Crippen molar-refractivity contribution in [2.45, 2.75) is 12.5 Å². The molecule has 2 fully saturated rings. The van der Waals surface area contributed by atoms with Gasteiger partial charge in [0.15, 0.2) is 0 Å². The molecule has 0 aliphatic carbocycles. The summed E-state index contributed by atoms with van der Waals surface area (Å²) in [5.74, 6) is 0. The zero-order chi connectivity index (χ0) is 11.4. The Bertz CT molecular complexity index is 198. The first-order valence-corrected chi connectivity index (χ1v) is 6.44. The number of likely N-dealkylation sites (tertiary alicyclic amines) is 1. The van der Waals surface area contributed by atoms with Crippen LogP contribution < -0.4 is 0 Å². The predicted octanol–water partition coefficient (Wildman–Crippen LogP) is -0.0455. The number of methoxy groups -OCH3 is 1. The van der Waals surface area contributed by atoms with Crippen LogP contribution in [-0.4, -0.2) is 87.3 Å². The Labute approximate surface area is 99.1 Å². The second-order valence-corrected chi connectivity index (χ2v) is 5.12. The van der Waals surface area contributed by atoms with E-state index >= 15 is 0 Å². The fraction of sp³-hybridized carbons (Fsp3) is 1.00. The molecule has 2 saturated heterocycles. The Kier molecular flexibility index (Phi) is 4.58. The second-order valence-electron chi connectivity index (χ2n) is 5.12. The molecule has 0 bridgehead atoms. The SMILES string of the molecule is COC1CN(CCCN2CCN(C)CC2)C1. The van der Waals surface area contributed by atoms with Crippen molar-refractivity contribution in [1.82, 2.24) is 14.7 Å². The fourth-order valence-electron chi connectivity index (χ4n) is 2.44. The molecule has 0 radical (unpaired) electrons. The Morgan fingerprint density at radius 1 is 1.00 bits per heavy atom. The highest BCUT2D eigenvalue weighted by Crippen LogP contribution is 2.11. The fourth-order valence-corrected chi connectivity index (χ4v) is 2.44. The third-order valence-corrected chi connectivity index (χ3v) is 3.80. The molecule has 2 rings (SSSR count). The van der Waals surface area contributed by atoms with E-state index < -0.39 is 0 Å². The van der Waals surface area contributed by atoms with Gasteiger partial charge in [0.1, 0.15) is 0 Å². The second kappa shape index (κ2) is 5.96. The van der Waals surface area contributed by atoms with Crippen LogP contribution >= 0.6 is 0 Å². The van der Waals surface area contributed by atoms with Crippen LogP contribution in [-0.2, 0) is 4.74 Å². The van der Waals surface area contributed by atoms with Gasteiger partial charge in [0.25, 0.3) is 0 Å². The zero-order valence-corrected chi connectivity index (χ0v) is 10.7. The summed E-state index contributed by atoms with van der Waals surface area (Å²) >= 11 is 0. The monoisotopic (exact) mass is 227 g/mol. The summed E-state index contributed by atoms with van der Waals surface area (Å²) in [5, 5.41) is 0. The maximum Gasteiger partial charge on any atom is 0.0824 e. The summed E-state index contributed by atoms with van der Waals surface area (Å²) in [6, 6.07) is 0. The number of ether oxygens (including phenoxy) is 1. The minimum Gasteiger partial charge on any atom is -0.379 e. The molecule has 0 N–H and O–H groups in total. The molecule has 0 saturated carbocycles. The van der Waals surface area contributed by atoms with Crippen molar-refractivity contribution in [2.24, 2.45) is 0 Å². The molecule has 0 atom stereocenters. The first kappa shape index (κ1) is 12.3. The topological polar surface area (TPSA) is 19.0 Å². The Morgan fingerprint density at radius 2 is 1.62 bits per heavy atom. The Hall–Kier alpha value is -0.160. The first-order chi connectivity index (χ1) is 7.78. The highest BCUT2D eigenvalue weighted by molar-refractivity contribution is 4.80. The van der Waals surface area contributed by atoms with Crippen LogP contribution in [0.2, 0.25) is 0 Å². The standard InChI is InChI=1S/C12H25N3O/c1-13-6-8-14(9-7-13)4-3-5-15-10-12(11-15)16-2/h12H,3-11H2,1-2H3. The lowest BCUT2D eigenvalue weighted by molar-refractivity contribution is -0.0306. The van der Waals surface area contributed by atoms with E-state index in [-0.39, 0.29) is 0 Å². The van der Waals surface area contributed by atoms with Gasteiger partial charge in [-0.2, -0.15) is 0 Å². The maximum atomic E-state index is 5.27. The number of hydrogen-bond donors (Lipinski definition) is 0. The van der Waals surface area contributed by atoms with Crippen LogP contribution in [0.4, 0.5) is 0 Å². The van der Waals surface area contributed by atoms with E-state index in [1.165, 1.54) is 45.7 Å². The molecule has 0 aromatic carbocycles. The Morgan fingerprint density at radius 3 is 2.25 bits per heavy atom. The number of likely N-dealkylation sites (N-methyl/N-ethyl adjacent to an activating group) is 1. The van der Waals surface area contributed by atoms with Crippen LogP contribution in [0.3, 0.4) is 0 Å². The van der Waals surface area contributed by atoms with Crippen molar-refractivity contribution in [3.05, 3.63) is 0 Å². The summed E-state index contributed by atoms with van der Waals surface area (Å²) in [6.45, 7) is 9.74.